The highest BCUT2D eigenvalue weighted by atomic mass is 79.9. The van der Waals surface area contributed by atoms with Crippen molar-refractivity contribution in [1.29, 1.82) is 0 Å². The molecule has 6 nitrogen and oxygen atoms in total. The van der Waals surface area contributed by atoms with Gasteiger partial charge in [-0.15, -0.1) is 12.4 Å². The van der Waals surface area contributed by atoms with Gasteiger partial charge in [0.25, 0.3) is 5.91 Å². The average molecular weight is 486 g/mol. The van der Waals surface area contributed by atoms with Crippen LogP contribution >= 0.6 is 39.9 Å². The smallest absolute Gasteiger partial charge is 0.257 e. The van der Waals surface area contributed by atoms with Gasteiger partial charge in [-0.2, -0.15) is 0 Å². The highest BCUT2D eigenvalue weighted by Gasteiger charge is 2.23. The van der Waals surface area contributed by atoms with E-state index in [2.05, 4.69) is 26.2 Å². The molecule has 0 saturated carbocycles. The first-order chi connectivity index (χ1) is 13.0. The summed E-state index contributed by atoms with van der Waals surface area (Å²) < 4.78 is 8.13. The molecule has 28 heavy (non-hydrogen) atoms. The molecule has 1 aliphatic rings. The van der Waals surface area contributed by atoms with Crippen molar-refractivity contribution in [1.82, 2.24) is 14.5 Å². The first-order valence-electron chi connectivity index (χ1n) is 8.58. The van der Waals surface area contributed by atoms with E-state index >= 15 is 0 Å². The van der Waals surface area contributed by atoms with E-state index in [1.54, 1.807) is 6.20 Å². The summed E-state index contributed by atoms with van der Waals surface area (Å²) in [5.41, 5.74) is 2.28. The third-order valence-electron chi connectivity index (χ3n) is 4.62. The van der Waals surface area contributed by atoms with Crippen molar-refractivity contribution in [2.75, 3.05) is 31.6 Å². The molecule has 1 aromatic carbocycles. The molecule has 2 aromatic heterocycles. The Morgan fingerprint density at radius 2 is 2.04 bits per heavy atom. The van der Waals surface area contributed by atoms with E-state index in [-0.39, 0.29) is 18.3 Å². The molecule has 0 spiro atoms. The number of benzene rings is 1. The Morgan fingerprint density at radius 1 is 1.29 bits per heavy atom. The van der Waals surface area contributed by atoms with Crippen LogP contribution < -0.4 is 5.32 Å². The van der Waals surface area contributed by atoms with Crippen LogP contribution in [0.5, 0.6) is 0 Å². The fourth-order valence-corrected chi connectivity index (χ4v) is 3.65. The largest absolute Gasteiger partial charge is 0.378 e. The minimum absolute atomic E-state index is 0. The van der Waals surface area contributed by atoms with E-state index in [4.69, 9.17) is 16.3 Å². The van der Waals surface area contributed by atoms with E-state index in [1.807, 2.05) is 47.0 Å². The average Bonchev–Trinajstić information content (AvgIpc) is 3.08. The van der Waals surface area contributed by atoms with Gasteiger partial charge in [-0.3, -0.25) is 4.79 Å². The lowest BCUT2D eigenvalue weighted by molar-refractivity contribution is 0.0303. The second kappa shape index (κ2) is 8.69. The molecule has 9 heteroatoms. The van der Waals surface area contributed by atoms with Gasteiger partial charge in [0, 0.05) is 48.1 Å². The van der Waals surface area contributed by atoms with Gasteiger partial charge in [0.1, 0.15) is 5.82 Å². The highest BCUT2D eigenvalue weighted by molar-refractivity contribution is 9.10. The number of morpholine rings is 1. The number of carbonyl (C=O) groups excluding carboxylic acids is 1. The van der Waals surface area contributed by atoms with E-state index in [1.165, 1.54) is 0 Å². The minimum atomic E-state index is -0.0177. The summed E-state index contributed by atoms with van der Waals surface area (Å²) in [7, 11) is 1.93. The Hall–Kier alpha value is -1.80. The van der Waals surface area contributed by atoms with Gasteiger partial charge in [-0.05, 0) is 40.2 Å². The first kappa shape index (κ1) is 20.9. The second-order valence-electron chi connectivity index (χ2n) is 6.37. The Kier molecular flexibility index (Phi) is 6.50. The molecule has 0 radical (unpaired) electrons. The molecule has 1 fully saturated rings. The standard InChI is InChI=1S/C19H18BrClN4O2.ClH/c1-24-5-4-13-17(24)14(19(26)25-6-8-27-9-7-25)11-22-18(13)23-12-2-3-15(20)16(21)10-12;/h2-5,10-11H,6-9H2,1H3,(H,22,23);1H. The maximum atomic E-state index is 13.0. The lowest BCUT2D eigenvalue weighted by Gasteiger charge is -2.27. The molecule has 1 saturated heterocycles. The topological polar surface area (TPSA) is 59.4 Å². The van der Waals surface area contributed by atoms with Crippen molar-refractivity contribution in [3.63, 3.8) is 0 Å². The molecule has 1 N–H and O–H groups in total. The summed E-state index contributed by atoms with van der Waals surface area (Å²) in [6.45, 7) is 2.34. The van der Waals surface area contributed by atoms with Crippen molar-refractivity contribution < 1.29 is 9.53 Å². The van der Waals surface area contributed by atoms with E-state index in [0.29, 0.717) is 42.7 Å². The molecule has 0 bridgehead atoms. The molecular formula is C19H19BrCl2N4O2. The number of halogens is 3. The van der Waals surface area contributed by atoms with Crippen LogP contribution in [0.25, 0.3) is 10.9 Å². The molecule has 1 aliphatic heterocycles. The van der Waals surface area contributed by atoms with E-state index < -0.39 is 0 Å². The summed E-state index contributed by atoms with van der Waals surface area (Å²) in [6.07, 6.45) is 3.57. The van der Waals surface area contributed by atoms with Crippen LogP contribution in [0.15, 0.2) is 41.1 Å². The quantitative estimate of drug-likeness (QED) is 0.587. The molecule has 0 atom stereocenters. The summed E-state index contributed by atoms with van der Waals surface area (Å²) >= 11 is 9.57. The number of carbonyl (C=O) groups is 1. The number of aromatic nitrogens is 2. The fraction of sp³-hybridized carbons (Fsp3) is 0.263. The molecule has 0 aliphatic carbocycles. The van der Waals surface area contributed by atoms with Crippen molar-refractivity contribution >= 4 is 68.3 Å². The van der Waals surface area contributed by atoms with Crippen LogP contribution in [0.2, 0.25) is 5.02 Å². The number of pyridine rings is 1. The van der Waals surface area contributed by atoms with Crippen LogP contribution in [0.1, 0.15) is 10.4 Å². The SMILES string of the molecule is Cl.Cn1ccc2c(Nc3ccc(Br)c(Cl)c3)ncc(C(=O)N3CCOCC3)c21. The van der Waals surface area contributed by atoms with Crippen molar-refractivity contribution in [3.8, 4) is 0 Å². The molecular weight excluding hydrogens is 467 g/mol. The Bertz CT molecular complexity index is 1020. The Balaban J connectivity index is 0.00000225. The molecule has 3 heterocycles. The number of hydrogen-bond acceptors (Lipinski definition) is 4. The number of fused-ring (bicyclic) bond motifs is 1. The fourth-order valence-electron chi connectivity index (χ4n) is 3.22. The predicted molar refractivity (Wildman–Crippen MR) is 117 cm³/mol. The number of hydrogen-bond donors (Lipinski definition) is 1. The zero-order valence-electron chi connectivity index (χ0n) is 15.1. The van der Waals surface area contributed by atoms with Gasteiger partial charge in [0.2, 0.25) is 0 Å². The van der Waals surface area contributed by atoms with Crippen molar-refractivity contribution in [2.45, 2.75) is 0 Å². The minimum Gasteiger partial charge on any atom is -0.378 e. The number of amides is 1. The summed E-state index contributed by atoms with van der Waals surface area (Å²) in [4.78, 5) is 19.3. The number of anilines is 2. The molecule has 4 rings (SSSR count). The molecule has 0 unspecified atom stereocenters. The van der Waals surface area contributed by atoms with E-state index in [0.717, 1.165) is 21.1 Å². The van der Waals surface area contributed by atoms with Gasteiger partial charge in [-0.1, -0.05) is 11.6 Å². The monoisotopic (exact) mass is 484 g/mol. The molecule has 3 aromatic rings. The first-order valence-corrected chi connectivity index (χ1v) is 9.75. The van der Waals surface area contributed by atoms with Crippen LogP contribution in [0, 0.1) is 0 Å². The summed E-state index contributed by atoms with van der Waals surface area (Å²) in [5, 5.41) is 4.80. The van der Waals surface area contributed by atoms with Crippen molar-refractivity contribution in [2.24, 2.45) is 7.05 Å². The lowest BCUT2D eigenvalue weighted by Crippen LogP contribution is -2.40. The van der Waals surface area contributed by atoms with Crippen LogP contribution in [0.4, 0.5) is 11.5 Å². The van der Waals surface area contributed by atoms with E-state index in [9.17, 15) is 4.79 Å². The number of aryl methyl sites for hydroxylation is 1. The summed E-state index contributed by atoms with van der Waals surface area (Å²) in [5.74, 6) is 0.665. The number of nitrogens with zero attached hydrogens (tertiary/aromatic N) is 3. The zero-order chi connectivity index (χ0) is 19.0. The number of nitrogens with one attached hydrogen (secondary N) is 1. The van der Waals surface area contributed by atoms with Crippen LogP contribution in [-0.2, 0) is 11.8 Å². The van der Waals surface area contributed by atoms with Crippen LogP contribution in [-0.4, -0.2) is 46.7 Å². The Morgan fingerprint density at radius 3 is 2.75 bits per heavy atom. The number of rotatable bonds is 3. The zero-order valence-corrected chi connectivity index (χ0v) is 18.3. The van der Waals surface area contributed by atoms with Gasteiger partial charge in [0.15, 0.2) is 0 Å². The predicted octanol–water partition coefficient (Wildman–Crippen LogP) is 4.63. The third kappa shape index (κ3) is 3.98. The lowest BCUT2D eigenvalue weighted by atomic mass is 10.1. The van der Waals surface area contributed by atoms with Gasteiger partial charge >= 0.3 is 0 Å². The normalized spacial score (nSPS) is 14.0. The molecule has 148 valence electrons. The van der Waals surface area contributed by atoms with Gasteiger partial charge in [0.05, 0.1) is 29.3 Å². The summed E-state index contributed by atoms with van der Waals surface area (Å²) in [6, 6.07) is 7.58. The second-order valence-corrected chi connectivity index (χ2v) is 7.63. The van der Waals surface area contributed by atoms with Gasteiger partial charge in [-0.25, -0.2) is 4.98 Å². The number of ether oxygens (including phenoxy) is 1. The third-order valence-corrected chi connectivity index (χ3v) is 5.85. The van der Waals surface area contributed by atoms with Crippen LogP contribution in [0.3, 0.4) is 0 Å². The maximum Gasteiger partial charge on any atom is 0.257 e. The molecule has 1 amide bonds. The van der Waals surface area contributed by atoms with Crippen molar-refractivity contribution in [3.05, 3.63) is 51.7 Å². The Labute approximate surface area is 182 Å². The maximum absolute atomic E-state index is 13.0. The highest BCUT2D eigenvalue weighted by Crippen LogP contribution is 2.31. The van der Waals surface area contributed by atoms with Gasteiger partial charge < -0.3 is 19.5 Å².